The van der Waals surface area contributed by atoms with E-state index in [2.05, 4.69) is 10.1 Å². The summed E-state index contributed by atoms with van der Waals surface area (Å²) in [6, 6.07) is 6.76. The van der Waals surface area contributed by atoms with E-state index >= 15 is 0 Å². The molecular weight excluding hydrogens is 324 g/mol. The zero-order valence-corrected chi connectivity index (χ0v) is 13.0. The number of furan rings is 1. The number of aromatic nitrogens is 1. The molecule has 0 radical (unpaired) electrons. The lowest BCUT2D eigenvalue weighted by Gasteiger charge is -1.99. The van der Waals surface area contributed by atoms with E-state index in [9.17, 15) is 10.1 Å². The summed E-state index contributed by atoms with van der Waals surface area (Å²) >= 11 is 3.07. The van der Waals surface area contributed by atoms with Crippen molar-refractivity contribution in [3.63, 3.8) is 0 Å². The highest BCUT2D eigenvalue weighted by atomic mass is 32.1. The van der Waals surface area contributed by atoms with Gasteiger partial charge in [-0.25, -0.2) is 4.68 Å². The maximum absolute atomic E-state index is 10.6. The normalized spacial score (nSPS) is 12.3. The largest absolute Gasteiger partial charge is 0.433 e. The number of thiophene rings is 1. The molecule has 0 unspecified atom stereocenters. The fourth-order valence-electron chi connectivity index (χ4n) is 1.78. The highest BCUT2D eigenvalue weighted by Crippen LogP contribution is 2.25. The maximum atomic E-state index is 10.6. The Kier molecular flexibility index (Phi) is 3.98. The molecule has 3 aromatic heterocycles. The molecule has 0 saturated heterocycles. The summed E-state index contributed by atoms with van der Waals surface area (Å²) in [6.45, 7) is 0. The predicted octanol–water partition coefficient (Wildman–Crippen LogP) is 3.19. The second-order valence-electron chi connectivity index (χ2n) is 4.09. The highest BCUT2D eigenvalue weighted by Gasteiger charge is 2.11. The number of hydrogen-bond donors (Lipinski definition) is 0. The van der Waals surface area contributed by atoms with Gasteiger partial charge in [-0.05, 0) is 17.5 Å². The summed E-state index contributed by atoms with van der Waals surface area (Å²) in [5.74, 6) is 0.000217. The molecular formula is C13H10N4O3S2. The number of rotatable bonds is 4. The number of nitro groups is 1. The van der Waals surface area contributed by atoms with E-state index in [4.69, 9.17) is 4.42 Å². The molecule has 0 fully saturated rings. The second-order valence-corrected chi connectivity index (χ2v) is 5.88. The van der Waals surface area contributed by atoms with Gasteiger partial charge < -0.3 is 4.42 Å². The number of thiazole rings is 1. The molecule has 0 aliphatic heterocycles. The minimum Gasteiger partial charge on any atom is -0.400 e. The average molecular weight is 334 g/mol. The Balaban J connectivity index is 1.99. The summed E-state index contributed by atoms with van der Waals surface area (Å²) in [5, 5.41) is 18.9. The van der Waals surface area contributed by atoms with E-state index in [-0.39, 0.29) is 5.88 Å². The van der Waals surface area contributed by atoms with Crippen molar-refractivity contribution in [2.75, 3.05) is 7.05 Å². The van der Waals surface area contributed by atoms with Crippen molar-refractivity contribution in [2.45, 2.75) is 0 Å². The van der Waals surface area contributed by atoms with Crippen molar-refractivity contribution in [1.82, 2.24) is 4.68 Å². The van der Waals surface area contributed by atoms with Crippen molar-refractivity contribution in [3.05, 3.63) is 55.7 Å². The molecule has 112 valence electrons. The van der Waals surface area contributed by atoms with Gasteiger partial charge in [0.1, 0.15) is 4.92 Å². The van der Waals surface area contributed by atoms with Gasteiger partial charge in [0.2, 0.25) is 4.80 Å². The van der Waals surface area contributed by atoms with Crippen LogP contribution in [-0.2, 0) is 0 Å². The Morgan fingerprint density at radius 1 is 1.36 bits per heavy atom. The van der Waals surface area contributed by atoms with Crippen LogP contribution in [0.3, 0.4) is 0 Å². The maximum Gasteiger partial charge on any atom is 0.433 e. The molecule has 3 aromatic rings. The summed E-state index contributed by atoms with van der Waals surface area (Å²) < 4.78 is 6.75. The molecule has 3 heterocycles. The van der Waals surface area contributed by atoms with Crippen LogP contribution < -0.4 is 4.80 Å². The van der Waals surface area contributed by atoms with Gasteiger partial charge >= 0.3 is 5.88 Å². The zero-order chi connectivity index (χ0) is 15.5. The van der Waals surface area contributed by atoms with Gasteiger partial charge in [-0.3, -0.25) is 15.1 Å². The van der Waals surface area contributed by atoms with Crippen LogP contribution in [-0.4, -0.2) is 22.9 Å². The van der Waals surface area contributed by atoms with Gasteiger partial charge in [-0.15, -0.1) is 22.7 Å². The molecule has 9 heteroatoms. The van der Waals surface area contributed by atoms with Gasteiger partial charge in [0.25, 0.3) is 0 Å². The van der Waals surface area contributed by atoms with E-state index in [0.29, 0.717) is 5.76 Å². The molecule has 0 N–H and O–H groups in total. The van der Waals surface area contributed by atoms with Gasteiger partial charge in [0.05, 0.1) is 22.9 Å². The fourth-order valence-corrected chi connectivity index (χ4v) is 3.38. The smallest absolute Gasteiger partial charge is 0.400 e. The Morgan fingerprint density at radius 2 is 2.23 bits per heavy atom. The van der Waals surface area contributed by atoms with Crippen LogP contribution in [0.1, 0.15) is 5.76 Å². The van der Waals surface area contributed by atoms with Crippen molar-refractivity contribution in [3.8, 4) is 10.6 Å². The lowest BCUT2D eigenvalue weighted by atomic mass is 10.4. The highest BCUT2D eigenvalue weighted by molar-refractivity contribution is 7.14. The molecule has 3 rings (SSSR count). The molecule has 7 nitrogen and oxygen atoms in total. The van der Waals surface area contributed by atoms with Crippen LogP contribution in [0.5, 0.6) is 0 Å². The lowest BCUT2D eigenvalue weighted by molar-refractivity contribution is -0.402. The van der Waals surface area contributed by atoms with E-state index in [1.165, 1.54) is 29.7 Å². The molecule has 0 amide bonds. The van der Waals surface area contributed by atoms with Crippen LogP contribution in [0.4, 0.5) is 5.88 Å². The quantitative estimate of drug-likeness (QED) is 0.417. The first-order valence-corrected chi connectivity index (χ1v) is 7.91. The first kappa shape index (κ1) is 14.4. The van der Waals surface area contributed by atoms with E-state index in [0.717, 1.165) is 15.4 Å². The van der Waals surface area contributed by atoms with Crippen LogP contribution in [0.25, 0.3) is 10.6 Å². The van der Waals surface area contributed by atoms with Crippen LogP contribution >= 0.6 is 22.7 Å². The monoisotopic (exact) mass is 334 g/mol. The summed E-state index contributed by atoms with van der Waals surface area (Å²) in [7, 11) is 1.69. The van der Waals surface area contributed by atoms with Crippen molar-refractivity contribution < 1.29 is 9.34 Å². The molecule has 0 aliphatic carbocycles. The first-order chi connectivity index (χ1) is 10.7. The van der Waals surface area contributed by atoms with Gasteiger partial charge in [-0.1, -0.05) is 6.07 Å². The standard InChI is InChI=1S/C13H10N4O3S2/c1-14-13-16(10(8-22-13)11-3-2-6-21-11)15-7-9-4-5-12(20-9)17(18)19/h2-8H,1H3. The Hall–Kier alpha value is -2.52. The van der Waals surface area contributed by atoms with Crippen molar-refractivity contribution >= 4 is 34.8 Å². The molecule has 0 saturated carbocycles. The average Bonchev–Trinajstić information content (AvgIpc) is 3.24. The number of hydrogen-bond acceptors (Lipinski definition) is 7. The SMILES string of the molecule is CN=c1scc(-c2cccs2)n1N=Cc1ccc([N+](=O)[O-])o1. The first-order valence-electron chi connectivity index (χ1n) is 6.15. The molecule has 22 heavy (non-hydrogen) atoms. The van der Waals surface area contributed by atoms with E-state index in [1.807, 2.05) is 22.9 Å². The van der Waals surface area contributed by atoms with E-state index in [1.54, 1.807) is 23.1 Å². The zero-order valence-electron chi connectivity index (χ0n) is 11.4. The van der Waals surface area contributed by atoms with Crippen LogP contribution in [0.15, 0.2) is 49.5 Å². The summed E-state index contributed by atoms with van der Waals surface area (Å²) in [6.07, 6.45) is 1.44. The summed E-state index contributed by atoms with van der Waals surface area (Å²) in [4.78, 5) is 16.0. The Labute approximate surface area is 132 Å². The third-order valence-corrected chi connectivity index (χ3v) is 4.54. The molecule has 0 aliphatic rings. The molecule has 0 spiro atoms. The van der Waals surface area contributed by atoms with Gasteiger partial charge in [0, 0.05) is 12.4 Å². The van der Waals surface area contributed by atoms with Crippen molar-refractivity contribution in [1.29, 1.82) is 0 Å². The third kappa shape index (κ3) is 2.76. The van der Waals surface area contributed by atoms with Crippen molar-refractivity contribution in [2.24, 2.45) is 10.1 Å². The second kappa shape index (κ2) is 6.08. The minimum atomic E-state index is -0.584. The molecule has 0 atom stereocenters. The Morgan fingerprint density at radius 3 is 2.86 bits per heavy atom. The Bertz CT molecular complexity index is 887. The van der Waals surface area contributed by atoms with Crippen LogP contribution in [0.2, 0.25) is 0 Å². The van der Waals surface area contributed by atoms with Crippen LogP contribution in [0, 0.1) is 10.1 Å². The predicted molar refractivity (Wildman–Crippen MR) is 85.5 cm³/mol. The van der Waals surface area contributed by atoms with E-state index < -0.39 is 4.92 Å². The topological polar surface area (TPSA) is 85.9 Å². The third-order valence-electron chi connectivity index (χ3n) is 2.74. The summed E-state index contributed by atoms with van der Waals surface area (Å²) in [5.41, 5.74) is 0.915. The lowest BCUT2D eigenvalue weighted by Crippen LogP contribution is -2.11. The minimum absolute atomic E-state index is 0.310. The fraction of sp³-hybridized carbons (Fsp3) is 0.0769. The molecule has 0 bridgehead atoms. The number of nitrogens with zero attached hydrogens (tertiary/aromatic N) is 4. The molecule has 0 aromatic carbocycles. The van der Waals surface area contributed by atoms with Gasteiger partial charge in [0.15, 0.2) is 5.76 Å². The van der Waals surface area contributed by atoms with Gasteiger partial charge in [-0.2, -0.15) is 5.10 Å².